The van der Waals surface area contributed by atoms with Gasteiger partial charge < -0.3 is 9.47 Å². The number of Topliss-reactive ketones (excluding diaryl/α,β-unsaturated/α-hetero) is 1. The lowest BCUT2D eigenvalue weighted by Gasteiger charge is -2.07. The third kappa shape index (κ3) is 2.12. The highest BCUT2D eigenvalue weighted by Crippen LogP contribution is 2.33. The van der Waals surface area contributed by atoms with Gasteiger partial charge in [0, 0.05) is 5.92 Å². The van der Waals surface area contributed by atoms with Gasteiger partial charge in [0.2, 0.25) is 6.79 Å². The molecular formula is C12H14O3. The van der Waals surface area contributed by atoms with E-state index in [-0.39, 0.29) is 11.7 Å². The number of hydrogen-bond donors (Lipinski definition) is 0. The van der Waals surface area contributed by atoms with Crippen LogP contribution in [-0.4, -0.2) is 12.6 Å². The molecule has 0 bridgehead atoms. The minimum atomic E-state index is 0.0605. The fourth-order valence-electron chi connectivity index (χ4n) is 1.57. The van der Waals surface area contributed by atoms with Gasteiger partial charge in [-0.15, -0.1) is 0 Å². The zero-order valence-corrected chi connectivity index (χ0v) is 8.95. The molecule has 0 radical (unpaired) electrons. The van der Waals surface area contributed by atoms with Crippen LogP contribution >= 0.6 is 0 Å². The second-order valence-corrected chi connectivity index (χ2v) is 3.90. The maximum atomic E-state index is 11.1. The fraction of sp³-hybridized carbons (Fsp3) is 0.417. The third-order valence-electron chi connectivity index (χ3n) is 2.67. The number of ether oxygens (including phenoxy) is 2. The first kappa shape index (κ1) is 10.0. The summed E-state index contributed by atoms with van der Waals surface area (Å²) in [6.45, 7) is 3.85. The molecule has 0 N–H and O–H groups in total. The van der Waals surface area contributed by atoms with Gasteiger partial charge in [0.15, 0.2) is 11.5 Å². The average molecular weight is 206 g/mol. The molecule has 0 fully saturated rings. The molecule has 1 aliphatic rings. The monoisotopic (exact) mass is 206 g/mol. The highest BCUT2D eigenvalue weighted by molar-refractivity contribution is 5.78. The summed E-state index contributed by atoms with van der Waals surface area (Å²) in [5.74, 6) is 1.84. The molecule has 1 atom stereocenters. The Labute approximate surface area is 89.0 Å². The first-order valence-electron chi connectivity index (χ1n) is 5.06. The zero-order chi connectivity index (χ0) is 10.8. The van der Waals surface area contributed by atoms with E-state index in [0.29, 0.717) is 6.79 Å². The molecule has 1 heterocycles. The van der Waals surface area contributed by atoms with Crippen molar-refractivity contribution in [1.82, 2.24) is 0 Å². The van der Waals surface area contributed by atoms with Crippen LogP contribution in [0.3, 0.4) is 0 Å². The van der Waals surface area contributed by atoms with E-state index in [0.717, 1.165) is 23.5 Å². The Balaban J connectivity index is 2.13. The number of benzene rings is 1. The Morgan fingerprint density at radius 1 is 1.40 bits per heavy atom. The first-order valence-corrected chi connectivity index (χ1v) is 5.06. The van der Waals surface area contributed by atoms with E-state index in [1.165, 1.54) is 0 Å². The van der Waals surface area contributed by atoms with E-state index in [2.05, 4.69) is 0 Å². The van der Waals surface area contributed by atoms with Gasteiger partial charge in [0.25, 0.3) is 0 Å². The van der Waals surface area contributed by atoms with Crippen LogP contribution in [0.1, 0.15) is 19.4 Å². The van der Waals surface area contributed by atoms with Crippen molar-refractivity contribution in [2.45, 2.75) is 20.3 Å². The summed E-state index contributed by atoms with van der Waals surface area (Å²) >= 11 is 0. The SMILES string of the molecule is CC(=O)[C@@H](C)Cc1ccc2c(c1)OCO2. The molecule has 0 aromatic heterocycles. The van der Waals surface area contributed by atoms with E-state index in [1.807, 2.05) is 25.1 Å². The average Bonchev–Trinajstić information content (AvgIpc) is 2.64. The van der Waals surface area contributed by atoms with Gasteiger partial charge in [-0.05, 0) is 31.0 Å². The molecule has 0 amide bonds. The van der Waals surface area contributed by atoms with Crippen molar-refractivity contribution < 1.29 is 14.3 Å². The van der Waals surface area contributed by atoms with Gasteiger partial charge in [0.1, 0.15) is 5.78 Å². The topological polar surface area (TPSA) is 35.5 Å². The summed E-state index contributed by atoms with van der Waals surface area (Å²) in [6.07, 6.45) is 0.756. The molecule has 3 heteroatoms. The molecule has 1 aliphatic heterocycles. The maximum Gasteiger partial charge on any atom is 0.231 e. The Kier molecular flexibility index (Phi) is 2.62. The van der Waals surface area contributed by atoms with Gasteiger partial charge in [0.05, 0.1) is 0 Å². The van der Waals surface area contributed by atoms with Gasteiger partial charge in [-0.25, -0.2) is 0 Å². The molecule has 1 aromatic carbocycles. The molecule has 1 aromatic rings. The van der Waals surface area contributed by atoms with Gasteiger partial charge in [-0.3, -0.25) is 4.79 Å². The van der Waals surface area contributed by atoms with Gasteiger partial charge in [-0.2, -0.15) is 0 Å². The van der Waals surface area contributed by atoms with Crippen LogP contribution < -0.4 is 9.47 Å². The zero-order valence-electron chi connectivity index (χ0n) is 8.95. The number of fused-ring (bicyclic) bond motifs is 1. The highest BCUT2D eigenvalue weighted by Gasteiger charge is 2.15. The normalized spacial score (nSPS) is 15.1. The van der Waals surface area contributed by atoms with Crippen molar-refractivity contribution in [3.8, 4) is 11.5 Å². The lowest BCUT2D eigenvalue weighted by Crippen LogP contribution is -2.09. The van der Waals surface area contributed by atoms with Crippen molar-refractivity contribution in [1.29, 1.82) is 0 Å². The number of carbonyl (C=O) groups is 1. The van der Waals surface area contributed by atoms with Crippen LogP contribution in [0, 0.1) is 5.92 Å². The van der Waals surface area contributed by atoms with Crippen LogP contribution in [0.25, 0.3) is 0 Å². The molecular weight excluding hydrogens is 192 g/mol. The molecule has 2 rings (SSSR count). The summed E-state index contributed by atoms with van der Waals surface area (Å²) < 4.78 is 10.5. The van der Waals surface area contributed by atoms with Crippen LogP contribution in [0.4, 0.5) is 0 Å². The number of hydrogen-bond acceptors (Lipinski definition) is 3. The summed E-state index contributed by atoms with van der Waals surface area (Å²) in [6, 6.07) is 5.82. The first-order chi connectivity index (χ1) is 7.16. The van der Waals surface area contributed by atoms with Crippen molar-refractivity contribution in [3.05, 3.63) is 23.8 Å². The van der Waals surface area contributed by atoms with Crippen molar-refractivity contribution in [3.63, 3.8) is 0 Å². The summed E-state index contributed by atoms with van der Waals surface area (Å²) in [4.78, 5) is 11.1. The largest absolute Gasteiger partial charge is 0.454 e. The molecule has 0 spiro atoms. The van der Waals surface area contributed by atoms with E-state index in [1.54, 1.807) is 6.92 Å². The molecule has 3 nitrogen and oxygen atoms in total. The second kappa shape index (κ2) is 3.93. The van der Waals surface area contributed by atoms with Crippen LogP contribution in [0.2, 0.25) is 0 Å². The standard InChI is InChI=1S/C12H14O3/c1-8(9(2)13)5-10-3-4-11-12(6-10)15-7-14-11/h3-4,6,8H,5,7H2,1-2H3/t8-/m0/s1. The summed E-state index contributed by atoms with van der Waals surface area (Å²) in [7, 11) is 0. The molecule has 0 aliphatic carbocycles. The Bertz CT molecular complexity index is 384. The minimum Gasteiger partial charge on any atom is -0.454 e. The van der Waals surface area contributed by atoms with Crippen molar-refractivity contribution in [2.75, 3.05) is 6.79 Å². The maximum absolute atomic E-state index is 11.1. The van der Waals surface area contributed by atoms with E-state index in [9.17, 15) is 4.79 Å². The summed E-state index contributed by atoms with van der Waals surface area (Å²) in [5, 5.41) is 0. The van der Waals surface area contributed by atoms with E-state index >= 15 is 0 Å². The highest BCUT2D eigenvalue weighted by atomic mass is 16.7. The molecule has 15 heavy (non-hydrogen) atoms. The number of ketones is 1. The van der Waals surface area contributed by atoms with E-state index < -0.39 is 0 Å². The predicted molar refractivity (Wildman–Crippen MR) is 56.1 cm³/mol. The fourth-order valence-corrected chi connectivity index (χ4v) is 1.57. The Hall–Kier alpha value is -1.51. The van der Waals surface area contributed by atoms with Crippen molar-refractivity contribution in [2.24, 2.45) is 5.92 Å². The van der Waals surface area contributed by atoms with Crippen LogP contribution in [0.5, 0.6) is 11.5 Å². The van der Waals surface area contributed by atoms with Crippen molar-refractivity contribution >= 4 is 5.78 Å². The Morgan fingerprint density at radius 2 is 2.13 bits per heavy atom. The second-order valence-electron chi connectivity index (χ2n) is 3.90. The Morgan fingerprint density at radius 3 is 2.87 bits per heavy atom. The lowest BCUT2D eigenvalue weighted by atomic mass is 9.98. The number of rotatable bonds is 3. The predicted octanol–water partition coefficient (Wildman–Crippen LogP) is 2.18. The molecule has 0 unspecified atom stereocenters. The smallest absolute Gasteiger partial charge is 0.231 e. The van der Waals surface area contributed by atoms with Crippen LogP contribution in [-0.2, 0) is 11.2 Å². The van der Waals surface area contributed by atoms with Gasteiger partial charge in [-0.1, -0.05) is 13.0 Å². The number of carbonyl (C=O) groups excluding carboxylic acids is 1. The lowest BCUT2D eigenvalue weighted by molar-refractivity contribution is -0.120. The molecule has 0 saturated heterocycles. The molecule has 80 valence electrons. The third-order valence-corrected chi connectivity index (χ3v) is 2.67. The molecule has 0 saturated carbocycles. The quantitative estimate of drug-likeness (QED) is 0.760. The van der Waals surface area contributed by atoms with Gasteiger partial charge >= 0.3 is 0 Å². The minimum absolute atomic E-state index is 0.0605. The summed E-state index contributed by atoms with van der Waals surface area (Å²) in [5.41, 5.74) is 1.11. The van der Waals surface area contributed by atoms with E-state index in [4.69, 9.17) is 9.47 Å². The van der Waals surface area contributed by atoms with Crippen LogP contribution in [0.15, 0.2) is 18.2 Å².